The highest BCUT2D eigenvalue weighted by Gasteiger charge is 2.15. The number of morpholine rings is 1. The van der Waals surface area contributed by atoms with E-state index in [2.05, 4.69) is 11.9 Å². The number of hydrogen-bond donors (Lipinski definition) is 3. The van der Waals surface area contributed by atoms with Crippen molar-refractivity contribution in [1.29, 1.82) is 0 Å². The molecule has 1 unspecified atom stereocenters. The molecule has 0 amide bonds. The second-order valence-corrected chi connectivity index (χ2v) is 2.78. The average Bonchev–Trinajstić information content (AvgIpc) is 2.05. The molecule has 1 aliphatic heterocycles. The molecule has 0 aromatic rings. The van der Waals surface area contributed by atoms with Crippen molar-refractivity contribution < 1.29 is 4.74 Å². The largest absolute Gasteiger partial charge is 0.400 e. The molecule has 0 saturated carbocycles. The van der Waals surface area contributed by atoms with Crippen LogP contribution >= 0.6 is 0 Å². The quantitative estimate of drug-likeness (QED) is 0.477. The Balaban J connectivity index is 2.49. The van der Waals surface area contributed by atoms with Crippen LogP contribution in [0.2, 0.25) is 0 Å². The van der Waals surface area contributed by atoms with E-state index in [0.717, 1.165) is 13.1 Å². The summed E-state index contributed by atoms with van der Waals surface area (Å²) in [5.41, 5.74) is 12.2. The summed E-state index contributed by atoms with van der Waals surface area (Å²) in [7, 11) is 0. The monoisotopic (exact) mass is 169 g/mol. The van der Waals surface area contributed by atoms with Crippen LogP contribution in [0.25, 0.3) is 0 Å². The van der Waals surface area contributed by atoms with Gasteiger partial charge >= 0.3 is 0 Å². The van der Waals surface area contributed by atoms with E-state index in [1.165, 1.54) is 0 Å². The van der Waals surface area contributed by atoms with Gasteiger partial charge in [0.05, 0.1) is 6.61 Å². The van der Waals surface area contributed by atoms with Gasteiger partial charge in [-0.1, -0.05) is 6.58 Å². The Kier molecular flexibility index (Phi) is 3.13. The lowest BCUT2D eigenvalue weighted by Crippen LogP contribution is -2.41. The van der Waals surface area contributed by atoms with E-state index >= 15 is 0 Å². The van der Waals surface area contributed by atoms with Gasteiger partial charge in [-0.2, -0.15) is 0 Å². The van der Waals surface area contributed by atoms with Crippen LogP contribution in [0.15, 0.2) is 24.0 Å². The molecule has 12 heavy (non-hydrogen) atoms. The number of allylic oxidation sites excluding steroid dienone is 1. The van der Waals surface area contributed by atoms with Crippen molar-refractivity contribution in [2.24, 2.45) is 11.5 Å². The van der Waals surface area contributed by atoms with E-state index < -0.39 is 0 Å². The molecule has 0 radical (unpaired) electrons. The Morgan fingerprint density at radius 2 is 2.33 bits per heavy atom. The van der Waals surface area contributed by atoms with Crippen molar-refractivity contribution in [3.8, 4) is 0 Å². The number of hydrogen-bond acceptors (Lipinski definition) is 4. The highest BCUT2D eigenvalue weighted by atomic mass is 16.5. The first kappa shape index (κ1) is 9.09. The fourth-order valence-electron chi connectivity index (χ4n) is 1.09. The molecule has 0 aromatic heterocycles. The second-order valence-electron chi connectivity index (χ2n) is 2.78. The molecule has 1 rings (SSSR count). The maximum absolute atomic E-state index is 5.70. The second kappa shape index (κ2) is 4.13. The van der Waals surface area contributed by atoms with Gasteiger partial charge in [0.15, 0.2) is 0 Å². The van der Waals surface area contributed by atoms with Crippen molar-refractivity contribution in [3.05, 3.63) is 24.0 Å². The van der Waals surface area contributed by atoms with Gasteiger partial charge in [-0.15, -0.1) is 0 Å². The molecule has 0 spiro atoms. The van der Waals surface area contributed by atoms with Crippen LogP contribution in [0.5, 0.6) is 0 Å². The molecule has 1 atom stereocenters. The zero-order chi connectivity index (χ0) is 8.97. The first-order chi connectivity index (χ1) is 5.70. The third-order valence-corrected chi connectivity index (χ3v) is 1.65. The Labute approximate surface area is 72.3 Å². The Bertz CT molecular complexity index is 194. The minimum absolute atomic E-state index is 0.0564. The van der Waals surface area contributed by atoms with Crippen LogP contribution in [-0.2, 0) is 4.74 Å². The average molecular weight is 169 g/mol. The van der Waals surface area contributed by atoms with E-state index in [-0.39, 0.29) is 6.10 Å². The zero-order valence-electron chi connectivity index (χ0n) is 7.05. The lowest BCUT2D eigenvalue weighted by Gasteiger charge is -2.23. The van der Waals surface area contributed by atoms with E-state index in [1.54, 1.807) is 6.08 Å². The lowest BCUT2D eigenvalue weighted by atomic mass is 10.2. The van der Waals surface area contributed by atoms with Crippen molar-refractivity contribution >= 4 is 0 Å². The summed E-state index contributed by atoms with van der Waals surface area (Å²) in [6, 6.07) is 0. The van der Waals surface area contributed by atoms with Crippen molar-refractivity contribution in [2.75, 3.05) is 19.7 Å². The summed E-state index contributed by atoms with van der Waals surface area (Å²) >= 11 is 0. The molecule has 5 N–H and O–H groups in total. The Morgan fingerprint density at radius 1 is 1.58 bits per heavy atom. The minimum Gasteiger partial charge on any atom is -0.400 e. The Morgan fingerprint density at radius 3 is 2.83 bits per heavy atom. The molecule has 1 fully saturated rings. The molecule has 4 nitrogen and oxygen atoms in total. The van der Waals surface area contributed by atoms with Crippen LogP contribution in [0.4, 0.5) is 0 Å². The first-order valence-electron chi connectivity index (χ1n) is 3.94. The molecule has 0 aromatic carbocycles. The van der Waals surface area contributed by atoms with Crippen LogP contribution in [-0.4, -0.2) is 25.8 Å². The van der Waals surface area contributed by atoms with Crippen molar-refractivity contribution in [2.45, 2.75) is 6.10 Å². The molecule has 68 valence electrons. The molecule has 0 bridgehead atoms. The molecule has 4 heteroatoms. The number of nitrogens with two attached hydrogens (primary N) is 2. The van der Waals surface area contributed by atoms with Crippen molar-refractivity contribution in [1.82, 2.24) is 5.32 Å². The summed E-state index contributed by atoms with van der Waals surface area (Å²) < 4.78 is 5.39. The van der Waals surface area contributed by atoms with Crippen LogP contribution in [0.3, 0.4) is 0 Å². The van der Waals surface area contributed by atoms with Crippen LogP contribution in [0, 0.1) is 0 Å². The van der Waals surface area contributed by atoms with Gasteiger partial charge in [-0.3, -0.25) is 0 Å². The maximum atomic E-state index is 5.70. The van der Waals surface area contributed by atoms with Gasteiger partial charge in [0.1, 0.15) is 6.10 Å². The summed E-state index contributed by atoms with van der Waals surface area (Å²) in [5.74, 6) is 0. The predicted octanol–water partition coefficient (Wildman–Crippen LogP) is -0.710. The molecular weight excluding hydrogens is 154 g/mol. The van der Waals surface area contributed by atoms with Crippen molar-refractivity contribution in [3.63, 3.8) is 0 Å². The minimum atomic E-state index is -0.0564. The van der Waals surface area contributed by atoms with E-state index in [0.29, 0.717) is 18.0 Å². The molecule has 1 saturated heterocycles. The summed E-state index contributed by atoms with van der Waals surface area (Å²) in [4.78, 5) is 0. The maximum Gasteiger partial charge on any atom is 0.109 e. The highest BCUT2D eigenvalue weighted by Crippen LogP contribution is 2.04. The molecular formula is C8H15N3O. The molecule has 1 heterocycles. The van der Waals surface area contributed by atoms with Crippen LogP contribution in [0.1, 0.15) is 0 Å². The summed E-state index contributed by atoms with van der Waals surface area (Å²) in [6.45, 7) is 5.85. The third-order valence-electron chi connectivity index (χ3n) is 1.65. The van der Waals surface area contributed by atoms with E-state index in [4.69, 9.17) is 16.2 Å². The van der Waals surface area contributed by atoms with E-state index in [9.17, 15) is 0 Å². The standard InChI is InChI=1S/C8H15N3O/c1-6(9)4-7(10)8-5-11-2-3-12-8/h4,8,11H,1-3,5,9-10H2/b7-4-. The van der Waals surface area contributed by atoms with Crippen LogP contribution < -0.4 is 16.8 Å². The molecule has 0 aliphatic carbocycles. The normalized spacial score (nSPS) is 25.3. The molecule has 1 aliphatic rings. The first-order valence-corrected chi connectivity index (χ1v) is 3.94. The van der Waals surface area contributed by atoms with Gasteiger partial charge in [-0.05, 0) is 6.08 Å². The highest BCUT2D eigenvalue weighted by molar-refractivity contribution is 5.19. The smallest absolute Gasteiger partial charge is 0.109 e. The van der Waals surface area contributed by atoms with Gasteiger partial charge in [0, 0.05) is 24.5 Å². The predicted molar refractivity (Wildman–Crippen MR) is 48.2 cm³/mol. The van der Waals surface area contributed by atoms with Gasteiger partial charge in [0.25, 0.3) is 0 Å². The fourth-order valence-corrected chi connectivity index (χ4v) is 1.09. The van der Waals surface area contributed by atoms with Gasteiger partial charge in [-0.25, -0.2) is 0 Å². The van der Waals surface area contributed by atoms with Gasteiger partial charge < -0.3 is 21.5 Å². The fraction of sp³-hybridized carbons (Fsp3) is 0.500. The SMILES string of the molecule is C=C(N)/C=C(\N)C1CNCCO1. The number of ether oxygens (including phenoxy) is 1. The van der Waals surface area contributed by atoms with Gasteiger partial charge in [0.2, 0.25) is 0 Å². The lowest BCUT2D eigenvalue weighted by molar-refractivity contribution is 0.0509. The third kappa shape index (κ3) is 2.56. The Hall–Kier alpha value is -1.00. The summed E-state index contributed by atoms with van der Waals surface area (Å²) in [6.07, 6.45) is 1.58. The van der Waals surface area contributed by atoms with E-state index in [1.807, 2.05) is 0 Å². The topological polar surface area (TPSA) is 73.3 Å². The summed E-state index contributed by atoms with van der Waals surface area (Å²) in [5, 5.41) is 3.17. The number of nitrogens with one attached hydrogen (secondary N) is 1. The zero-order valence-corrected chi connectivity index (χ0v) is 7.05. The number of rotatable bonds is 2.